The van der Waals surface area contributed by atoms with Crippen molar-refractivity contribution in [2.45, 2.75) is 25.1 Å². The number of hydrogen-bond acceptors (Lipinski definition) is 4. The van der Waals surface area contributed by atoms with Gasteiger partial charge in [-0.15, -0.1) is 0 Å². The number of carboxylic acid groups (broad SMARTS) is 1. The van der Waals surface area contributed by atoms with Crippen molar-refractivity contribution in [2.75, 3.05) is 6.54 Å². The minimum Gasteiger partial charge on any atom is -0.480 e. The number of aliphatic hydroxyl groups is 1. The molecule has 0 saturated carbocycles. The standard InChI is InChI=1S/C10H15N3O3/c1-12-3-2-11-9(12)6-13-5-7(14)4-8(13)10(15)16/h2-3,7-8,14H,4-6H2,1H3,(H,15,16). The number of carbonyl (C=O) groups is 1. The molecule has 1 saturated heterocycles. The highest BCUT2D eigenvalue weighted by atomic mass is 16.4. The molecule has 2 N–H and O–H groups in total. The van der Waals surface area contributed by atoms with Crippen LogP contribution in [-0.4, -0.2) is 49.3 Å². The van der Waals surface area contributed by atoms with Gasteiger partial charge in [-0.3, -0.25) is 9.69 Å². The Balaban J connectivity index is 2.09. The topological polar surface area (TPSA) is 78.6 Å². The number of carboxylic acids is 1. The Morgan fingerprint density at radius 3 is 3.00 bits per heavy atom. The van der Waals surface area contributed by atoms with Crippen LogP contribution in [0.2, 0.25) is 0 Å². The molecule has 1 aliphatic heterocycles. The first kappa shape index (κ1) is 11.1. The summed E-state index contributed by atoms with van der Waals surface area (Å²) in [5, 5.41) is 18.5. The van der Waals surface area contributed by atoms with Gasteiger partial charge in [-0.1, -0.05) is 0 Å². The van der Waals surface area contributed by atoms with E-state index in [4.69, 9.17) is 5.11 Å². The molecule has 1 fully saturated rings. The van der Waals surface area contributed by atoms with Crippen LogP contribution in [0.3, 0.4) is 0 Å². The Hall–Kier alpha value is -1.40. The average molecular weight is 225 g/mol. The third-order valence-electron chi connectivity index (χ3n) is 2.93. The van der Waals surface area contributed by atoms with Crippen LogP contribution in [0.5, 0.6) is 0 Å². The number of nitrogens with zero attached hydrogens (tertiary/aromatic N) is 3. The molecule has 0 bridgehead atoms. The van der Waals surface area contributed by atoms with Crippen molar-refractivity contribution >= 4 is 5.97 Å². The van der Waals surface area contributed by atoms with E-state index in [2.05, 4.69) is 4.98 Å². The van der Waals surface area contributed by atoms with Crippen LogP contribution in [0.25, 0.3) is 0 Å². The maximum absolute atomic E-state index is 11.0. The van der Waals surface area contributed by atoms with Crippen molar-refractivity contribution in [3.63, 3.8) is 0 Å². The number of aromatic nitrogens is 2. The van der Waals surface area contributed by atoms with Crippen LogP contribution >= 0.6 is 0 Å². The molecule has 0 amide bonds. The van der Waals surface area contributed by atoms with Gasteiger partial charge in [0.05, 0.1) is 12.6 Å². The number of rotatable bonds is 3. The van der Waals surface area contributed by atoms with Crippen LogP contribution in [-0.2, 0) is 18.4 Å². The zero-order valence-corrected chi connectivity index (χ0v) is 9.08. The van der Waals surface area contributed by atoms with E-state index in [1.807, 2.05) is 17.8 Å². The fraction of sp³-hybridized carbons (Fsp3) is 0.600. The summed E-state index contributed by atoms with van der Waals surface area (Å²) in [6.07, 6.45) is 3.23. The van der Waals surface area contributed by atoms with E-state index in [1.54, 1.807) is 11.1 Å². The number of aliphatic hydroxyl groups excluding tert-OH is 1. The Morgan fingerprint density at radius 2 is 2.44 bits per heavy atom. The quantitative estimate of drug-likeness (QED) is 0.721. The molecule has 0 spiro atoms. The number of likely N-dealkylation sites (tertiary alicyclic amines) is 1. The van der Waals surface area contributed by atoms with Crippen molar-refractivity contribution in [1.29, 1.82) is 0 Å². The molecule has 6 nitrogen and oxygen atoms in total. The van der Waals surface area contributed by atoms with Gasteiger partial charge in [-0.2, -0.15) is 0 Å². The lowest BCUT2D eigenvalue weighted by Crippen LogP contribution is -2.36. The van der Waals surface area contributed by atoms with Crippen LogP contribution in [0.4, 0.5) is 0 Å². The number of aryl methyl sites for hydroxylation is 1. The van der Waals surface area contributed by atoms with E-state index in [-0.39, 0.29) is 0 Å². The Morgan fingerprint density at radius 1 is 1.69 bits per heavy atom. The van der Waals surface area contributed by atoms with Gasteiger partial charge in [0.15, 0.2) is 0 Å². The molecular formula is C10H15N3O3. The van der Waals surface area contributed by atoms with Crippen molar-refractivity contribution in [2.24, 2.45) is 7.05 Å². The first-order valence-corrected chi connectivity index (χ1v) is 5.19. The monoisotopic (exact) mass is 225 g/mol. The minimum atomic E-state index is -0.884. The van der Waals surface area contributed by atoms with Crippen molar-refractivity contribution < 1.29 is 15.0 Å². The van der Waals surface area contributed by atoms with Gasteiger partial charge >= 0.3 is 5.97 Å². The predicted octanol–water partition coefficient (Wildman–Crippen LogP) is -0.560. The van der Waals surface area contributed by atoms with Crippen molar-refractivity contribution in [3.05, 3.63) is 18.2 Å². The second-order valence-electron chi connectivity index (χ2n) is 4.13. The number of imidazole rings is 1. The fourth-order valence-corrected chi connectivity index (χ4v) is 2.04. The van der Waals surface area contributed by atoms with Crippen molar-refractivity contribution in [1.82, 2.24) is 14.5 Å². The molecule has 0 aromatic carbocycles. The maximum Gasteiger partial charge on any atom is 0.321 e. The number of β-amino-alcohol motifs (C(OH)–C–C–N with tert-alkyl or cyclic N) is 1. The molecule has 2 atom stereocenters. The summed E-state index contributed by atoms with van der Waals surface area (Å²) in [6.45, 7) is 0.849. The first-order valence-electron chi connectivity index (χ1n) is 5.19. The largest absolute Gasteiger partial charge is 0.480 e. The summed E-state index contributed by atoms with van der Waals surface area (Å²) in [7, 11) is 1.87. The van der Waals surface area contributed by atoms with Gasteiger partial charge in [0, 0.05) is 32.4 Å². The molecule has 1 aliphatic rings. The minimum absolute atomic E-state index is 0.291. The number of hydrogen-bond donors (Lipinski definition) is 2. The van der Waals surface area contributed by atoms with Crippen LogP contribution in [0, 0.1) is 0 Å². The molecule has 0 radical (unpaired) electrons. The Kier molecular flexibility index (Phi) is 2.93. The lowest BCUT2D eigenvalue weighted by molar-refractivity contribution is -0.142. The molecule has 88 valence electrons. The van der Waals surface area contributed by atoms with Crippen molar-refractivity contribution in [3.8, 4) is 0 Å². The first-order chi connectivity index (χ1) is 7.58. The summed E-state index contributed by atoms with van der Waals surface area (Å²) < 4.78 is 1.85. The van der Waals surface area contributed by atoms with E-state index in [0.29, 0.717) is 19.5 Å². The van der Waals surface area contributed by atoms with E-state index < -0.39 is 18.1 Å². The summed E-state index contributed by atoms with van der Waals surface area (Å²) in [5.74, 6) is -0.0777. The van der Waals surface area contributed by atoms with Gasteiger partial charge in [0.2, 0.25) is 0 Å². The summed E-state index contributed by atoms with van der Waals surface area (Å²) in [6, 6.07) is -0.605. The zero-order chi connectivity index (χ0) is 11.7. The van der Waals surface area contributed by atoms with Gasteiger partial charge in [-0.25, -0.2) is 4.98 Å². The maximum atomic E-state index is 11.0. The van der Waals surface area contributed by atoms with Crippen LogP contribution in [0.15, 0.2) is 12.4 Å². The summed E-state index contributed by atoms with van der Waals surface area (Å²) >= 11 is 0. The van der Waals surface area contributed by atoms with Gasteiger partial charge in [0.25, 0.3) is 0 Å². The second kappa shape index (κ2) is 4.23. The predicted molar refractivity (Wildman–Crippen MR) is 55.7 cm³/mol. The molecule has 0 aliphatic carbocycles. The third kappa shape index (κ3) is 2.07. The molecule has 1 aromatic heterocycles. The van der Waals surface area contributed by atoms with E-state index in [1.165, 1.54) is 0 Å². The highest BCUT2D eigenvalue weighted by Crippen LogP contribution is 2.20. The Bertz CT molecular complexity index is 390. The van der Waals surface area contributed by atoms with E-state index >= 15 is 0 Å². The number of aliphatic carboxylic acids is 1. The SMILES string of the molecule is Cn1ccnc1CN1CC(O)CC1C(=O)O. The Labute approximate surface area is 93.1 Å². The highest BCUT2D eigenvalue weighted by molar-refractivity contribution is 5.74. The fourth-order valence-electron chi connectivity index (χ4n) is 2.04. The molecule has 2 rings (SSSR count). The average Bonchev–Trinajstić information content (AvgIpc) is 2.75. The molecule has 16 heavy (non-hydrogen) atoms. The van der Waals surface area contributed by atoms with E-state index in [0.717, 1.165) is 5.82 Å². The summed E-state index contributed by atoms with van der Waals surface area (Å²) in [4.78, 5) is 16.9. The molecule has 1 aromatic rings. The zero-order valence-electron chi connectivity index (χ0n) is 9.08. The third-order valence-corrected chi connectivity index (χ3v) is 2.93. The molecule has 6 heteroatoms. The van der Waals surface area contributed by atoms with Gasteiger partial charge in [-0.05, 0) is 0 Å². The molecule has 2 heterocycles. The lowest BCUT2D eigenvalue weighted by atomic mass is 10.2. The van der Waals surface area contributed by atoms with Crippen LogP contribution < -0.4 is 0 Å². The molecule has 2 unspecified atom stereocenters. The van der Waals surface area contributed by atoms with Gasteiger partial charge in [0.1, 0.15) is 11.9 Å². The smallest absolute Gasteiger partial charge is 0.321 e. The highest BCUT2D eigenvalue weighted by Gasteiger charge is 2.36. The van der Waals surface area contributed by atoms with Gasteiger partial charge < -0.3 is 14.8 Å². The summed E-state index contributed by atoms with van der Waals surface area (Å²) in [5.41, 5.74) is 0. The molecular weight excluding hydrogens is 210 g/mol. The lowest BCUT2D eigenvalue weighted by Gasteiger charge is -2.19. The second-order valence-corrected chi connectivity index (χ2v) is 4.13. The normalized spacial score (nSPS) is 26.1. The van der Waals surface area contributed by atoms with E-state index in [9.17, 15) is 9.90 Å². The van der Waals surface area contributed by atoms with Crippen LogP contribution in [0.1, 0.15) is 12.2 Å².